The molecular formula is C13H9F3N2O2. The second-order valence-electron chi connectivity index (χ2n) is 3.90. The van der Waals surface area contributed by atoms with Gasteiger partial charge < -0.3 is 5.11 Å². The minimum Gasteiger partial charge on any atom is -0.478 e. The van der Waals surface area contributed by atoms with Crippen molar-refractivity contribution >= 4 is 12.0 Å². The van der Waals surface area contributed by atoms with Crippen LogP contribution in [0.1, 0.15) is 11.1 Å². The van der Waals surface area contributed by atoms with Gasteiger partial charge in [-0.3, -0.25) is 0 Å². The number of rotatable bonds is 3. The predicted octanol–water partition coefficient (Wildman–Crippen LogP) is 2.99. The van der Waals surface area contributed by atoms with Crippen molar-refractivity contribution in [2.75, 3.05) is 0 Å². The van der Waals surface area contributed by atoms with Crippen molar-refractivity contribution in [1.82, 2.24) is 9.78 Å². The molecule has 104 valence electrons. The van der Waals surface area contributed by atoms with Gasteiger partial charge in [-0.2, -0.15) is 18.3 Å². The number of carboxylic acids is 1. The molecular weight excluding hydrogens is 273 g/mol. The molecule has 0 aliphatic heterocycles. The maximum Gasteiger partial charge on any atom is 0.418 e. The van der Waals surface area contributed by atoms with Crippen LogP contribution in [0.2, 0.25) is 0 Å². The van der Waals surface area contributed by atoms with Crippen molar-refractivity contribution in [1.29, 1.82) is 0 Å². The van der Waals surface area contributed by atoms with E-state index in [0.29, 0.717) is 0 Å². The van der Waals surface area contributed by atoms with Crippen LogP contribution in [0.3, 0.4) is 0 Å². The van der Waals surface area contributed by atoms with Gasteiger partial charge in [-0.1, -0.05) is 6.07 Å². The maximum atomic E-state index is 13.0. The Morgan fingerprint density at radius 3 is 2.65 bits per heavy atom. The molecule has 0 amide bonds. The fourth-order valence-electron chi connectivity index (χ4n) is 1.66. The number of carboxylic acid groups (broad SMARTS) is 1. The van der Waals surface area contributed by atoms with Gasteiger partial charge in [-0.25, -0.2) is 9.48 Å². The zero-order chi connectivity index (χ0) is 14.8. The van der Waals surface area contributed by atoms with Gasteiger partial charge in [-0.05, 0) is 29.8 Å². The van der Waals surface area contributed by atoms with Crippen LogP contribution >= 0.6 is 0 Å². The molecule has 0 saturated heterocycles. The number of hydrogen-bond donors (Lipinski definition) is 1. The average Bonchev–Trinajstić information content (AvgIpc) is 2.88. The number of aromatic nitrogens is 2. The van der Waals surface area contributed by atoms with Gasteiger partial charge in [0.05, 0.1) is 11.3 Å². The lowest BCUT2D eigenvalue weighted by Crippen LogP contribution is -2.11. The van der Waals surface area contributed by atoms with Gasteiger partial charge in [0.2, 0.25) is 0 Å². The van der Waals surface area contributed by atoms with Crippen molar-refractivity contribution in [2.45, 2.75) is 6.18 Å². The largest absolute Gasteiger partial charge is 0.478 e. The van der Waals surface area contributed by atoms with Gasteiger partial charge in [0, 0.05) is 18.5 Å². The minimum absolute atomic E-state index is 0.116. The number of nitrogens with zero attached hydrogens (tertiary/aromatic N) is 2. The van der Waals surface area contributed by atoms with E-state index in [2.05, 4.69) is 5.10 Å². The number of aliphatic carboxylic acids is 1. The van der Waals surface area contributed by atoms with E-state index in [1.54, 1.807) is 0 Å². The molecule has 0 spiro atoms. The van der Waals surface area contributed by atoms with E-state index in [1.807, 2.05) is 0 Å². The van der Waals surface area contributed by atoms with Gasteiger partial charge in [0.25, 0.3) is 0 Å². The van der Waals surface area contributed by atoms with Crippen molar-refractivity contribution in [3.8, 4) is 5.69 Å². The Balaban J connectivity index is 2.52. The summed E-state index contributed by atoms with van der Waals surface area (Å²) in [6.45, 7) is 0. The molecule has 0 atom stereocenters. The highest BCUT2D eigenvalue weighted by molar-refractivity contribution is 5.85. The van der Waals surface area contributed by atoms with E-state index < -0.39 is 17.7 Å². The molecule has 0 fully saturated rings. The van der Waals surface area contributed by atoms with Gasteiger partial charge >= 0.3 is 12.1 Å². The normalized spacial score (nSPS) is 11.9. The van der Waals surface area contributed by atoms with E-state index in [1.165, 1.54) is 30.6 Å². The van der Waals surface area contributed by atoms with Crippen LogP contribution in [0, 0.1) is 0 Å². The Labute approximate surface area is 111 Å². The summed E-state index contributed by atoms with van der Waals surface area (Å²) in [5.74, 6) is -1.23. The average molecular weight is 282 g/mol. The fourth-order valence-corrected chi connectivity index (χ4v) is 1.66. The molecule has 4 nitrogen and oxygen atoms in total. The Kier molecular flexibility index (Phi) is 3.60. The highest BCUT2D eigenvalue weighted by Gasteiger charge is 2.34. The SMILES string of the molecule is O=C(O)/C=C/c1ccc(-n2cccn2)c(C(F)(F)F)c1. The molecule has 1 aromatic carbocycles. The molecule has 0 saturated carbocycles. The van der Waals surface area contributed by atoms with Crippen LogP contribution in [-0.2, 0) is 11.0 Å². The Morgan fingerprint density at radius 2 is 2.10 bits per heavy atom. The molecule has 0 bridgehead atoms. The van der Waals surface area contributed by atoms with E-state index in [0.717, 1.165) is 22.9 Å². The number of alkyl halides is 3. The molecule has 0 aliphatic carbocycles. The zero-order valence-corrected chi connectivity index (χ0v) is 10.0. The molecule has 0 aliphatic rings. The molecule has 1 aromatic heterocycles. The molecule has 1 heterocycles. The summed E-state index contributed by atoms with van der Waals surface area (Å²) in [4.78, 5) is 10.4. The predicted molar refractivity (Wildman–Crippen MR) is 65.2 cm³/mol. The fraction of sp³-hybridized carbons (Fsp3) is 0.0769. The Bertz CT molecular complexity index is 646. The third-order valence-electron chi connectivity index (χ3n) is 2.50. The number of halogens is 3. The lowest BCUT2D eigenvalue weighted by atomic mass is 10.1. The van der Waals surface area contributed by atoms with E-state index in [-0.39, 0.29) is 11.3 Å². The summed E-state index contributed by atoms with van der Waals surface area (Å²) in [5, 5.41) is 12.3. The Morgan fingerprint density at radius 1 is 1.35 bits per heavy atom. The zero-order valence-electron chi connectivity index (χ0n) is 10.0. The van der Waals surface area contributed by atoms with Crippen LogP contribution in [0.5, 0.6) is 0 Å². The molecule has 2 rings (SSSR count). The van der Waals surface area contributed by atoms with Crippen LogP contribution in [-0.4, -0.2) is 20.9 Å². The van der Waals surface area contributed by atoms with E-state index in [9.17, 15) is 18.0 Å². The van der Waals surface area contributed by atoms with Crippen molar-refractivity contribution in [2.24, 2.45) is 0 Å². The number of hydrogen-bond acceptors (Lipinski definition) is 2. The van der Waals surface area contributed by atoms with Crippen LogP contribution in [0.15, 0.2) is 42.7 Å². The lowest BCUT2D eigenvalue weighted by Gasteiger charge is -2.13. The van der Waals surface area contributed by atoms with E-state index >= 15 is 0 Å². The van der Waals surface area contributed by atoms with Crippen molar-refractivity contribution < 1.29 is 23.1 Å². The van der Waals surface area contributed by atoms with Crippen LogP contribution in [0.25, 0.3) is 11.8 Å². The van der Waals surface area contributed by atoms with Crippen molar-refractivity contribution in [3.05, 3.63) is 53.9 Å². The molecule has 0 unspecified atom stereocenters. The van der Waals surface area contributed by atoms with Gasteiger partial charge in [-0.15, -0.1) is 0 Å². The quantitative estimate of drug-likeness (QED) is 0.880. The van der Waals surface area contributed by atoms with Crippen LogP contribution < -0.4 is 0 Å². The first-order chi connectivity index (χ1) is 9.38. The second-order valence-corrected chi connectivity index (χ2v) is 3.90. The topological polar surface area (TPSA) is 55.1 Å². The number of carbonyl (C=O) groups is 1. The smallest absolute Gasteiger partial charge is 0.418 e. The van der Waals surface area contributed by atoms with Gasteiger partial charge in [0.1, 0.15) is 0 Å². The molecule has 2 aromatic rings. The molecule has 7 heteroatoms. The first kappa shape index (κ1) is 13.9. The minimum atomic E-state index is -4.56. The first-order valence-corrected chi connectivity index (χ1v) is 5.50. The summed E-state index contributed by atoms with van der Waals surface area (Å²) in [7, 11) is 0. The molecule has 1 N–H and O–H groups in total. The first-order valence-electron chi connectivity index (χ1n) is 5.50. The summed E-state index contributed by atoms with van der Waals surface area (Å²) in [6.07, 6.45) is 0.0948. The highest BCUT2D eigenvalue weighted by atomic mass is 19.4. The highest BCUT2D eigenvalue weighted by Crippen LogP contribution is 2.34. The number of benzene rings is 1. The lowest BCUT2D eigenvalue weighted by molar-refractivity contribution is -0.137. The van der Waals surface area contributed by atoms with E-state index in [4.69, 9.17) is 5.11 Å². The van der Waals surface area contributed by atoms with Crippen LogP contribution in [0.4, 0.5) is 13.2 Å². The standard InChI is InChI=1S/C13H9F3N2O2/c14-13(15,16)10-8-9(3-5-12(19)20)2-4-11(10)18-7-1-6-17-18/h1-8H,(H,19,20)/b5-3+. The monoisotopic (exact) mass is 282 g/mol. The summed E-state index contributed by atoms with van der Waals surface area (Å²) in [6, 6.07) is 5.04. The van der Waals surface area contributed by atoms with Gasteiger partial charge in [0.15, 0.2) is 0 Å². The summed E-state index contributed by atoms with van der Waals surface area (Å²) in [5.41, 5.74) is -0.848. The second kappa shape index (κ2) is 5.20. The van der Waals surface area contributed by atoms with Crippen molar-refractivity contribution in [3.63, 3.8) is 0 Å². The molecule has 20 heavy (non-hydrogen) atoms. The third kappa shape index (κ3) is 3.05. The Hall–Kier alpha value is -2.57. The molecule has 0 radical (unpaired) electrons. The maximum absolute atomic E-state index is 13.0. The third-order valence-corrected chi connectivity index (χ3v) is 2.50. The summed E-state index contributed by atoms with van der Waals surface area (Å²) >= 11 is 0. The summed E-state index contributed by atoms with van der Waals surface area (Å²) < 4.78 is 40.2.